The molecule has 5 rings (SSSR count). The quantitative estimate of drug-likeness (QED) is 0.477. The lowest BCUT2D eigenvalue weighted by atomic mass is 10.00. The van der Waals surface area contributed by atoms with Gasteiger partial charge < -0.3 is 9.67 Å². The zero-order valence-electron chi connectivity index (χ0n) is 15.8. The maximum atomic E-state index is 11.6. The van der Waals surface area contributed by atoms with E-state index in [1.807, 2.05) is 41.0 Å². The van der Waals surface area contributed by atoms with E-state index in [-0.39, 0.29) is 0 Å². The van der Waals surface area contributed by atoms with Crippen LogP contribution in [0.1, 0.15) is 39.6 Å². The van der Waals surface area contributed by atoms with Gasteiger partial charge in [0.05, 0.1) is 5.69 Å². The Bertz CT molecular complexity index is 1270. The van der Waals surface area contributed by atoms with E-state index < -0.39 is 5.97 Å². The highest BCUT2D eigenvalue weighted by Gasteiger charge is 2.25. The monoisotopic (exact) mass is 400 g/mol. The van der Waals surface area contributed by atoms with Gasteiger partial charge in [-0.15, -0.1) is 0 Å². The Morgan fingerprint density at radius 3 is 2.45 bits per heavy atom. The van der Waals surface area contributed by atoms with Crippen LogP contribution in [-0.2, 0) is 6.54 Å². The second-order valence-electron chi connectivity index (χ2n) is 7.40. The van der Waals surface area contributed by atoms with E-state index in [0.29, 0.717) is 22.1 Å². The summed E-state index contributed by atoms with van der Waals surface area (Å²) in [6.45, 7) is 0.585. The number of aromatic carboxylic acids is 1. The molecule has 144 valence electrons. The highest BCUT2D eigenvalue weighted by Crippen LogP contribution is 2.44. The first-order valence-corrected chi connectivity index (χ1v) is 10.5. The minimum atomic E-state index is -0.924. The average molecular weight is 401 g/mol. The van der Waals surface area contributed by atoms with Crippen LogP contribution < -0.4 is 4.80 Å². The number of nitrogens with zero attached hydrogens (tertiary/aromatic N) is 2. The van der Waals surface area contributed by atoms with Crippen molar-refractivity contribution in [2.75, 3.05) is 0 Å². The van der Waals surface area contributed by atoms with Crippen molar-refractivity contribution in [1.82, 2.24) is 4.57 Å². The van der Waals surface area contributed by atoms with Crippen molar-refractivity contribution in [3.05, 3.63) is 93.7 Å². The summed E-state index contributed by atoms with van der Waals surface area (Å²) in [4.78, 5) is 17.5. The molecule has 0 aliphatic heterocycles. The molecule has 1 heterocycles. The Balaban J connectivity index is 1.65. The van der Waals surface area contributed by atoms with E-state index >= 15 is 0 Å². The van der Waals surface area contributed by atoms with Crippen molar-refractivity contribution >= 4 is 33.8 Å². The van der Waals surface area contributed by atoms with E-state index in [4.69, 9.17) is 4.99 Å². The lowest BCUT2D eigenvalue weighted by Crippen LogP contribution is -2.14. The molecule has 1 aliphatic carbocycles. The summed E-state index contributed by atoms with van der Waals surface area (Å²) >= 11 is 1.21. The standard InChI is InChI=1S/C24H20N2O2S/c27-23(28)22-15-26(14-16-6-2-1-3-7-16)24(29-22)25-21-13-12-18(17-10-11-17)19-8-4-5-9-20(19)21/h1-9,12-13,15,17H,10-11,14H2,(H,27,28)/b25-24-. The molecule has 29 heavy (non-hydrogen) atoms. The van der Waals surface area contributed by atoms with E-state index in [0.717, 1.165) is 16.6 Å². The molecule has 0 unspecified atom stereocenters. The number of hydrogen-bond acceptors (Lipinski definition) is 3. The van der Waals surface area contributed by atoms with Gasteiger partial charge in [0.1, 0.15) is 4.88 Å². The summed E-state index contributed by atoms with van der Waals surface area (Å²) < 4.78 is 1.92. The number of carboxylic acid groups (broad SMARTS) is 1. The van der Waals surface area contributed by atoms with Gasteiger partial charge in [-0.05, 0) is 41.3 Å². The average Bonchev–Trinajstić information content (AvgIpc) is 3.51. The van der Waals surface area contributed by atoms with E-state index in [1.54, 1.807) is 6.20 Å². The van der Waals surface area contributed by atoms with Gasteiger partial charge in [-0.1, -0.05) is 72.0 Å². The van der Waals surface area contributed by atoms with Crippen molar-refractivity contribution in [3.8, 4) is 0 Å². The van der Waals surface area contributed by atoms with E-state index in [2.05, 4.69) is 30.3 Å². The van der Waals surface area contributed by atoms with Crippen LogP contribution in [0.4, 0.5) is 5.69 Å². The fraction of sp³-hybridized carbons (Fsp3) is 0.167. The largest absolute Gasteiger partial charge is 0.477 e. The summed E-state index contributed by atoms with van der Waals surface area (Å²) in [5.41, 5.74) is 3.39. The third kappa shape index (κ3) is 3.61. The first-order valence-electron chi connectivity index (χ1n) is 9.73. The van der Waals surface area contributed by atoms with Crippen LogP contribution in [0, 0.1) is 0 Å². The molecular formula is C24H20N2O2S. The van der Waals surface area contributed by atoms with Gasteiger partial charge in [0, 0.05) is 18.1 Å². The fourth-order valence-electron chi connectivity index (χ4n) is 3.72. The predicted octanol–water partition coefficient (Wildman–Crippen LogP) is 5.56. The van der Waals surface area contributed by atoms with Crippen LogP contribution in [0.5, 0.6) is 0 Å². The van der Waals surface area contributed by atoms with Crippen molar-refractivity contribution < 1.29 is 9.90 Å². The molecule has 1 saturated carbocycles. The molecular weight excluding hydrogens is 380 g/mol. The molecule has 0 atom stereocenters. The maximum absolute atomic E-state index is 11.6. The van der Waals surface area contributed by atoms with Crippen LogP contribution in [0.15, 0.2) is 77.9 Å². The Morgan fingerprint density at radius 1 is 1.00 bits per heavy atom. The molecule has 1 aromatic heterocycles. The van der Waals surface area contributed by atoms with E-state index in [9.17, 15) is 9.90 Å². The minimum Gasteiger partial charge on any atom is -0.477 e. The Hall–Kier alpha value is -3.18. The Labute approximate surface area is 172 Å². The van der Waals surface area contributed by atoms with Gasteiger partial charge in [0.25, 0.3) is 0 Å². The SMILES string of the molecule is O=C(O)c1cn(Cc2ccccc2)/c(=N/c2ccc(C3CC3)c3ccccc23)s1. The van der Waals surface area contributed by atoms with Gasteiger partial charge in [0.15, 0.2) is 4.80 Å². The van der Waals surface area contributed by atoms with Crippen LogP contribution in [0.2, 0.25) is 0 Å². The Kier molecular flexibility index (Phi) is 4.52. The number of hydrogen-bond donors (Lipinski definition) is 1. The molecule has 0 radical (unpaired) electrons. The summed E-state index contributed by atoms with van der Waals surface area (Å²) in [5, 5.41) is 11.9. The van der Waals surface area contributed by atoms with Crippen LogP contribution in [-0.4, -0.2) is 15.6 Å². The van der Waals surface area contributed by atoms with Gasteiger partial charge >= 0.3 is 5.97 Å². The summed E-state index contributed by atoms with van der Waals surface area (Å²) in [6, 6.07) is 22.7. The van der Waals surface area contributed by atoms with Crippen molar-refractivity contribution in [1.29, 1.82) is 0 Å². The fourth-order valence-corrected chi connectivity index (χ4v) is 4.56. The summed E-state index contributed by atoms with van der Waals surface area (Å²) in [5.74, 6) is -0.260. The molecule has 1 aliphatic rings. The third-order valence-corrected chi connectivity index (χ3v) is 6.30. The number of carbonyl (C=O) groups is 1. The maximum Gasteiger partial charge on any atom is 0.347 e. The van der Waals surface area contributed by atoms with Gasteiger partial charge in [-0.3, -0.25) is 0 Å². The lowest BCUT2D eigenvalue weighted by Gasteiger charge is -2.08. The van der Waals surface area contributed by atoms with E-state index in [1.165, 1.54) is 35.1 Å². The lowest BCUT2D eigenvalue weighted by molar-refractivity contribution is 0.0701. The zero-order chi connectivity index (χ0) is 19.8. The van der Waals surface area contributed by atoms with Crippen molar-refractivity contribution in [3.63, 3.8) is 0 Å². The zero-order valence-corrected chi connectivity index (χ0v) is 16.6. The normalized spacial score (nSPS) is 14.4. The number of benzene rings is 3. The molecule has 4 nitrogen and oxygen atoms in total. The molecule has 3 aromatic carbocycles. The molecule has 0 bridgehead atoms. The minimum absolute atomic E-state index is 0.290. The first-order chi connectivity index (χ1) is 14.2. The number of aromatic nitrogens is 1. The summed E-state index contributed by atoms with van der Waals surface area (Å²) in [6.07, 6.45) is 4.19. The van der Waals surface area contributed by atoms with Crippen LogP contribution >= 0.6 is 11.3 Å². The number of rotatable bonds is 5. The topological polar surface area (TPSA) is 54.6 Å². The van der Waals surface area contributed by atoms with Gasteiger partial charge in [-0.2, -0.15) is 0 Å². The molecule has 0 amide bonds. The van der Waals surface area contributed by atoms with Crippen LogP contribution in [0.3, 0.4) is 0 Å². The highest BCUT2D eigenvalue weighted by atomic mass is 32.1. The van der Waals surface area contributed by atoms with Gasteiger partial charge in [-0.25, -0.2) is 9.79 Å². The highest BCUT2D eigenvalue weighted by molar-refractivity contribution is 7.11. The van der Waals surface area contributed by atoms with Gasteiger partial charge in [0.2, 0.25) is 0 Å². The third-order valence-electron chi connectivity index (χ3n) is 5.29. The predicted molar refractivity (Wildman–Crippen MR) is 116 cm³/mol. The second kappa shape index (κ2) is 7.33. The summed E-state index contributed by atoms with van der Waals surface area (Å²) in [7, 11) is 0. The Morgan fingerprint density at radius 2 is 1.72 bits per heavy atom. The number of carboxylic acids is 1. The smallest absolute Gasteiger partial charge is 0.347 e. The molecule has 1 fully saturated rings. The number of fused-ring (bicyclic) bond motifs is 1. The first kappa shape index (κ1) is 17.9. The molecule has 5 heteroatoms. The molecule has 1 N–H and O–H groups in total. The van der Waals surface area contributed by atoms with Crippen molar-refractivity contribution in [2.24, 2.45) is 4.99 Å². The van der Waals surface area contributed by atoms with Crippen molar-refractivity contribution in [2.45, 2.75) is 25.3 Å². The molecule has 4 aromatic rings. The second-order valence-corrected chi connectivity index (χ2v) is 8.41. The number of thiazole rings is 1. The molecule has 0 spiro atoms. The van der Waals surface area contributed by atoms with Crippen LogP contribution in [0.25, 0.3) is 10.8 Å². The molecule has 0 saturated heterocycles.